The van der Waals surface area contributed by atoms with Crippen molar-refractivity contribution in [3.05, 3.63) is 64.8 Å². The Hall–Kier alpha value is -3.61. The van der Waals surface area contributed by atoms with Gasteiger partial charge in [0.1, 0.15) is 4.90 Å². The minimum Gasteiger partial charge on any atom is -0.285 e. The van der Waals surface area contributed by atoms with E-state index in [0.717, 1.165) is 17.1 Å². The molecule has 3 aromatic heterocycles. The third kappa shape index (κ3) is 3.56. The standard InChI is InChI=1S/C18H15F3N6O3S/c1-25-14-5-3-4-13(16(14)17(28)26(25)2)24-31(29,30)12-6-7-15(22-9-12)27-10-11(8-23-27)18(19,20)21/h3-10,24H,1-2H3. The number of alkyl halides is 3. The monoisotopic (exact) mass is 452 g/mol. The van der Waals surface area contributed by atoms with Gasteiger partial charge in [-0.3, -0.25) is 18.9 Å². The Balaban J connectivity index is 1.66. The van der Waals surface area contributed by atoms with Crippen LogP contribution in [-0.4, -0.2) is 32.5 Å². The zero-order valence-electron chi connectivity index (χ0n) is 16.1. The molecule has 0 spiro atoms. The fraction of sp³-hybridized carbons (Fsp3) is 0.167. The van der Waals surface area contributed by atoms with Crippen molar-refractivity contribution in [2.75, 3.05) is 4.72 Å². The highest BCUT2D eigenvalue weighted by atomic mass is 32.2. The molecule has 0 bridgehead atoms. The maximum Gasteiger partial charge on any atom is 0.419 e. The van der Waals surface area contributed by atoms with Crippen LogP contribution < -0.4 is 10.3 Å². The van der Waals surface area contributed by atoms with Gasteiger partial charge >= 0.3 is 6.18 Å². The van der Waals surface area contributed by atoms with E-state index in [1.807, 2.05) is 0 Å². The van der Waals surface area contributed by atoms with Crippen molar-refractivity contribution in [3.8, 4) is 5.82 Å². The lowest BCUT2D eigenvalue weighted by molar-refractivity contribution is -0.137. The fourth-order valence-corrected chi connectivity index (χ4v) is 4.06. The average Bonchev–Trinajstić information content (AvgIpc) is 3.29. The first-order valence-corrected chi connectivity index (χ1v) is 10.2. The molecule has 4 aromatic rings. The van der Waals surface area contributed by atoms with E-state index in [2.05, 4.69) is 14.8 Å². The van der Waals surface area contributed by atoms with Crippen LogP contribution in [-0.2, 0) is 30.3 Å². The molecule has 0 unspecified atom stereocenters. The molecule has 31 heavy (non-hydrogen) atoms. The van der Waals surface area contributed by atoms with Gasteiger partial charge in [0.05, 0.1) is 28.4 Å². The Morgan fingerprint density at radius 1 is 1.03 bits per heavy atom. The summed E-state index contributed by atoms with van der Waals surface area (Å²) in [6.45, 7) is 0. The minimum absolute atomic E-state index is 0.00785. The van der Waals surface area contributed by atoms with E-state index in [4.69, 9.17) is 0 Å². The summed E-state index contributed by atoms with van der Waals surface area (Å²) in [4.78, 5) is 16.1. The number of pyridine rings is 1. The second kappa shape index (κ2) is 6.97. The summed E-state index contributed by atoms with van der Waals surface area (Å²) in [7, 11) is -0.893. The molecule has 4 rings (SSSR count). The molecule has 0 aliphatic heterocycles. The van der Waals surface area contributed by atoms with Crippen LogP contribution in [0, 0.1) is 0 Å². The summed E-state index contributed by atoms with van der Waals surface area (Å²) in [5.41, 5.74) is -0.682. The lowest BCUT2D eigenvalue weighted by Crippen LogP contribution is -2.18. The number of nitrogens with one attached hydrogen (secondary N) is 1. The number of nitrogens with zero attached hydrogens (tertiary/aromatic N) is 5. The van der Waals surface area contributed by atoms with Crippen LogP contribution in [0.5, 0.6) is 0 Å². The first-order valence-electron chi connectivity index (χ1n) is 8.75. The summed E-state index contributed by atoms with van der Waals surface area (Å²) in [5, 5.41) is 3.80. The molecular weight excluding hydrogens is 437 g/mol. The Labute approximate surface area is 173 Å². The van der Waals surface area contributed by atoms with Crippen LogP contribution >= 0.6 is 0 Å². The topological polar surface area (TPSA) is 104 Å². The number of aryl methyl sites for hydroxylation is 1. The van der Waals surface area contributed by atoms with Crippen LogP contribution in [0.15, 0.2) is 58.6 Å². The van der Waals surface area contributed by atoms with Crippen molar-refractivity contribution in [1.82, 2.24) is 24.1 Å². The van der Waals surface area contributed by atoms with Gasteiger partial charge in [0, 0.05) is 26.5 Å². The summed E-state index contributed by atoms with van der Waals surface area (Å²) in [6, 6.07) is 7.17. The Morgan fingerprint density at radius 2 is 1.77 bits per heavy atom. The van der Waals surface area contributed by atoms with Crippen molar-refractivity contribution in [2.24, 2.45) is 14.1 Å². The van der Waals surface area contributed by atoms with Gasteiger partial charge in [-0.05, 0) is 24.3 Å². The van der Waals surface area contributed by atoms with Gasteiger partial charge < -0.3 is 0 Å². The lowest BCUT2D eigenvalue weighted by atomic mass is 10.2. The smallest absolute Gasteiger partial charge is 0.285 e. The number of aromatic nitrogens is 5. The number of sulfonamides is 1. The molecule has 1 aromatic carbocycles. The molecule has 3 heterocycles. The van der Waals surface area contributed by atoms with Crippen LogP contribution in [0.4, 0.5) is 18.9 Å². The van der Waals surface area contributed by atoms with Gasteiger partial charge in [-0.25, -0.2) is 18.1 Å². The maximum absolute atomic E-state index is 12.8. The number of hydrogen-bond donors (Lipinski definition) is 1. The quantitative estimate of drug-likeness (QED) is 0.512. The van der Waals surface area contributed by atoms with Gasteiger partial charge in [-0.2, -0.15) is 18.3 Å². The third-order valence-corrected chi connectivity index (χ3v) is 6.12. The molecule has 0 radical (unpaired) electrons. The van der Waals surface area contributed by atoms with E-state index < -0.39 is 21.8 Å². The van der Waals surface area contributed by atoms with Crippen molar-refractivity contribution in [1.29, 1.82) is 0 Å². The molecular formula is C18H15F3N6O3S. The van der Waals surface area contributed by atoms with Crippen molar-refractivity contribution >= 4 is 26.6 Å². The molecule has 0 saturated carbocycles. The van der Waals surface area contributed by atoms with E-state index in [-0.39, 0.29) is 27.3 Å². The average molecular weight is 452 g/mol. The highest BCUT2D eigenvalue weighted by Gasteiger charge is 2.32. The van der Waals surface area contributed by atoms with E-state index in [1.165, 1.54) is 22.9 Å². The van der Waals surface area contributed by atoms with Crippen LogP contribution in [0.25, 0.3) is 16.7 Å². The predicted molar refractivity (Wildman–Crippen MR) is 105 cm³/mol. The predicted octanol–water partition coefficient (Wildman–Crippen LogP) is 2.28. The summed E-state index contributed by atoms with van der Waals surface area (Å²) < 4.78 is 70.0. The molecule has 0 amide bonds. The van der Waals surface area contributed by atoms with Crippen LogP contribution in [0.3, 0.4) is 0 Å². The maximum atomic E-state index is 12.8. The van der Waals surface area contributed by atoms with Gasteiger partial charge in [0.25, 0.3) is 15.6 Å². The first kappa shape index (κ1) is 20.7. The Kier molecular flexibility index (Phi) is 4.65. The molecule has 0 saturated heterocycles. The highest BCUT2D eigenvalue weighted by molar-refractivity contribution is 7.92. The molecule has 13 heteroatoms. The molecule has 1 N–H and O–H groups in total. The van der Waals surface area contributed by atoms with Crippen LogP contribution in [0.2, 0.25) is 0 Å². The SMILES string of the molecule is Cn1c(=O)c2c(NS(=O)(=O)c3ccc(-n4cc(C(F)(F)F)cn4)nc3)cccc2n1C. The van der Waals surface area contributed by atoms with E-state index >= 15 is 0 Å². The number of halogens is 3. The van der Waals surface area contributed by atoms with Crippen molar-refractivity contribution < 1.29 is 21.6 Å². The number of rotatable bonds is 4. The lowest BCUT2D eigenvalue weighted by Gasteiger charge is -2.09. The molecule has 0 fully saturated rings. The van der Waals surface area contributed by atoms with Crippen molar-refractivity contribution in [2.45, 2.75) is 11.1 Å². The number of anilines is 1. The van der Waals surface area contributed by atoms with E-state index in [9.17, 15) is 26.4 Å². The third-order valence-electron chi connectivity index (χ3n) is 4.77. The number of fused-ring (bicyclic) bond motifs is 1. The molecule has 0 aliphatic carbocycles. The summed E-state index contributed by atoms with van der Waals surface area (Å²) >= 11 is 0. The van der Waals surface area contributed by atoms with Gasteiger partial charge in [-0.15, -0.1) is 0 Å². The largest absolute Gasteiger partial charge is 0.419 e. The molecule has 0 atom stereocenters. The molecule has 162 valence electrons. The number of hydrogen-bond acceptors (Lipinski definition) is 5. The zero-order chi connectivity index (χ0) is 22.6. The normalized spacial score (nSPS) is 12.4. The second-order valence-electron chi connectivity index (χ2n) is 6.68. The number of benzene rings is 1. The van der Waals surface area contributed by atoms with Gasteiger partial charge in [0.2, 0.25) is 0 Å². The summed E-state index contributed by atoms with van der Waals surface area (Å²) in [6.07, 6.45) is -2.16. The Bertz CT molecular complexity index is 1450. The van der Waals surface area contributed by atoms with E-state index in [1.54, 1.807) is 30.9 Å². The van der Waals surface area contributed by atoms with E-state index in [0.29, 0.717) is 11.7 Å². The van der Waals surface area contributed by atoms with Gasteiger partial charge in [-0.1, -0.05) is 6.07 Å². The fourth-order valence-electron chi connectivity index (χ4n) is 3.04. The zero-order valence-corrected chi connectivity index (χ0v) is 16.9. The first-order chi connectivity index (χ1) is 14.5. The molecule has 0 aliphatic rings. The van der Waals surface area contributed by atoms with Gasteiger partial charge in [0.15, 0.2) is 5.82 Å². The van der Waals surface area contributed by atoms with Crippen LogP contribution in [0.1, 0.15) is 5.56 Å². The van der Waals surface area contributed by atoms with Crippen molar-refractivity contribution in [3.63, 3.8) is 0 Å². The minimum atomic E-state index is -4.55. The molecule has 9 nitrogen and oxygen atoms in total. The highest BCUT2D eigenvalue weighted by Crippen LogP contribution is 2.29. The Morgan fingerprint density at radius 3 is 2.39 bits per heavy atom. The second-order valence-corrected chi connectivity index (χ2v) is 8.36. The summed E-state index contributed by atoms with van der Waals surface area (Å²) in [5.74, 6) is 0.00785.